The van der Waals surface area contributed by atoms with E-state index >= 15 is 0 Å². The van der Waals surface area contributed by atoms with E-state index in [1.165, 1.54) is 0 Å². The molecule has 212 valence electrons. The standard InChI is InChI=1S/C15H23N3O.C15H25NO3/c1-10(2)14-12-6-18(7-13(14)9-19-8-12)15-16-4-11(3)5-17-15;1-10(2)13-11-6-16(7-12(13)9-18-8-11)14(17)19-15(3)4-5-15/h4-5,10,12-14H,6-9H2,1-3H3;10-13H,4-9H2,1-3H3. The molecule has 1 aromatic rings. The Balaban J connectivity index is 0.000000155. The van der Waals surface area contributed by atoms with E-state index in [1.807, 2.05) is 31.1 Å². The van der Waals surface area contributed by atoms with Crippen molar-refractivity contribution in [3.63, 3.8) is 0 Å². The van der Waals surface area contributed by atoms with Gasteiger partial charge in [-0.3, -0.25) is 0 Å². The summed E-state index contributed by atoms with van der Waals surface area (Å²) in [5, 5.41) is 0. The number of ether oxygens (including phenoxy) is 3. The van der Waals surface area contributed by atoms with Gasteiger partial charge in [-0.1, -0.05) is 27.7 Å². The number of nitrogens with zero attached hydrogens (tertiary/aromatic N) is 4. The van der Waals surface area contributed by atoms with Crippen LogP contribution in [0.1, 0.15) is 53.0 Å². The number of amides is 1. The summed E-state index contributed by atoms with van der Waals surface area (Å²) in [6, 6.07) is 0. The number of aryl methyl sites for hydroxylation is 1. The van der Waals surface area contributed by atoms with E-state index in [-0.39, 0.29) is 11.7 Å². The fourth-order valence-electron chi connectivity index (χ4n) is 7.53. The van der Waals surface area contributed by atoms with Crippen LogP contribution in [0.4, 0.5) is 10.7 Å². The zero-order chi connectivity index (χ0) is 27.0. The molecule has 5 aliphatic rings. The summed E-state index contributed by atoms with van der Waals surface area (Å²) in [7, 11) is 0. The minimum Gasteiger partial charge on any atom is -0.443 e. The van der Waals surface area contributed by atoms with Crippen molar-refractivity contribution < 1.29 is 19.0 Å². The van der Waals surface area contributed by atoms with Crippen molar-refractivity contribution in [2.75, 3.05) is 57.5 Å². The molecule has 4 unspecified atom stereocenters. The number of carbonyl (C=O) groups is 1. The number of piperidine rings is 2. The van der Waals surface area contributed by atoms with Crippen LogP contribution in [0.2, 0.25) is 0 Å². The lowest BCUT2D eigenvalue weighted by Gasteiger charge is -2.48. The van der Waals surface area contributed by atoms with Crippen molar-refractivity contribution >= 4 is 12.0 Å². The van der Waals surface area contributed by atoms with Gasteiger partial charge in [-0.05, 0) is 55.9 Å². The molecule has 8 heteroatoms. The molecule has 0 radical (unpaired) electrons. The second-order valence-corrected chi connectivity index (χ2v) is 13.4. The largest absolute Gasteiger partial charge is 0.443 e. The summed E-state index contributed by atoms with van der Waals surface area (Å²) in [5.74, 6) is 5.96. The van der Waals surface area contributed by atoms with Gasteiger partial charge in [0.25, 0.3) is 0 Å². The van der Waals surface area contributed by atoms with Gasteiger partial charge in [-0.25, -0.2) is 14.8 Å². The average Bonchev–Trinajstić information content (AvgIpc) is 3.59. The van der Waals surface area contributed by atoms with Gasteiger partial charge in [0, 0.05) is 62.2 Å². The van der Waals surface area contributed by atoms with Gasteiger partial charge in [0.05, 0.1) is 26.4 Å². The first kappa shape index (κ1) is 27.6. The molecule has 0 spiro atoms. The summed E-state index contributed by atoms with van der Waals surface area (Å²) in [6.07, 6.45) is 5.72. The molecular formula is C30H48N4O4. The minimum atomic E-state index is -0.169. The van der Waals surface area contributed by atoms with E-state index in [0.717, 1.165) is 88.8 Å². The number of hydrogen-bond acceptors (Lipinski definition) is 7. The van der Waals surface area contributed by atoms with Crippen LogP contribution in [0.25, 0.3) is 0 Å². The highest BCUT2D eigenvalue weighted by Gasteiger charge is 2.47. The third-order valence-electron chi connectivity index (χ3n) is 9.46. The van der Waals surface area contributed by atoms with Crippen molar-refractivity contribution in [2.24, 2.45) is 47.3 Å². The lowest BCUT2D eigenvalue weighted by Crippen LogP contribution is -2.55. The summed E-state index contributed by atoms with van der Waals surface area (Å²) in [4.78, 5) is 25.4. The van der Waals surface area contributed by atoms with Crippen LogP contribution in [-0.2, 0) is 14.2 Å². The molecule has 4 saturated heterocycles. The van der Waals surface area contributed by atoms with E-state index in [0.29, 0.717) is 35.5 Å². The SMILES string of the molecule is CC(C)C1C2COCC1CN(C(=O)OC1(C)CC1)C2.Cc1cnc(N2CC3COCC(C2)C3C(C)C)nc1. The zero-order valence-corrected chi connectivity index (χ0v) is 24.3. The Kier molecular flexibility index (Phi) is 8.20. The topological polar surface area (TPSA) is 77.0 Å². The number of rotatable bonds is 4. The molecule has 5 heterocycles. The number of aromatic nitrogens is 2. The molecular weight excluding hydrogens is 480 g/mol. The van der Waals surface area contributed by atoms with E-state index in [4.69, 9.17) is 14.2 Å². The zero-order valence-electron chi connectivity index (χ0n) is 24.3. The minimum absolute atomic E-state index is 0.112. The van der Waals surface area contributed by atoms with Gasteiger partial charge in [0.1, 0.15) is 5.60 Å². The van der Waals surface area contributed by atoms with Crippen molar-refractivity contribution in [2.45, 2.75) is 60.0 Å². The molecule has 0 N–H and O–H groups in total. The van der Waals surface area contributed by atoms with Crippen molar-refractivity contribution in [1.82, 2.24) is 14.9 Å². The van der Waals surface area contributed by atoms with E-state index in [1.54, 1.807) is 0 Å². The Morgan fingerprint density at radius 3 is 1.74 bits per heavy atom. The molecule has 38 heavy (non-hydrogen) atoms. The molecule has 1 aromatic heterocycles. The number of hydrogen-bond donors (Lipinski definition) is 0. The summed E-state index contributed by atoms with van der Waals surface area (Å²) < 4.78 is 17.0. The first-order chi connectivity index (χ1) is 18.1. The number of likely N-dealkylation sites (tertiary alicyclic amines) is 1. The van der Waals surface area contributed by atoms with Crippen molar-refractivity contribution in [3.05, 3.63) is 18.0 Å². The maximum Gasteiger partial charge on any atom is 0.410 e. The van der Waals surface area contributed by atoms with Gasteiger partial charge in [-0.15, -0.1) is 0 Å². The molecule has 0 aromatic carbocycles. The van der Waals surface area contributed by atoms with Gasteiger partial charge < -0.3 is 24.0 Å². The first-order valence-electron chi connectivity index (χ1n) is 14.8. The maximum atomic E-state index is 12.2. The average molecular weight is 529 g/mol. The monoisotopic (exact) mass is 528 g/mol. The molecule has 4 aliphatic heterocycles. The number of anilines is 1. The Bertz CT molecular complexity index is 922. The van der Waals surface area contributed by atoms with E-state index < -0.39 is 0 Å². The molecule has 8 nitrogen and oxygen atoms in total. The molecule has 1 aliphatic carbocycles. The lowest BCUT2D eigenvalue weighted by atomic mass is 9.71. The van der Waals surface area contributed by atoms with Crippen molar-refractivity contribution in [1.29, 1.82) is 0 Å². The van der Waals surface area contributed by atoms with Gasteiger partial charge in [0.2, 0.25) is 5.95 Å². The highest BCUT2D eigenvalue weighted by molar-refractivity contribution is 5.68. The number of fused-ring (bicyclic) bond motifs is 4. The molecule has 4 atom stereocenters. The highest BCUT2D eigenvalue weighted by Crippen LogP contribution is 2.42. The van der Waals surface area contributed by atoms with E-state index in [9.17, 15) is 4.79 Å². The van der Waals surface area contributed by atoms with Crippen LogP contribution < -0.4 is 4.90 Å². The Morgan fingerprint density at radius 2 is 1.32 bits per heavy atom. The predicted octanol–water partition coefficient (Wildman–Crippen LogP) is 4.67. The molecule has 1 amide bonds. The van der Waals surface area contributed by atoms with Crippen LogP contribution in [0.5, 0.6) is 0 Å². The van der Waals surface area contributed by atoms with Crippen molar-refractivity contribution in [3.8, 4) is 0 Å². The van der Waals surface area contributed by atoms with Gasteiger partial charge >= 0.3 is 6.09 Å². The van der Waals surface area contributed by atoms with Crippen LogP contribution in [0.3, 0.4) is 0 Å². The van der Waals surface area contributed by atoms with E-state index in [2.05, 4.69) is 42.6 Å². The first-order valence-corrected chi connectivity index (χ1v) is 14.8. The van der Waals surface area contributed by atoms with Gasteiger partial charge in [-0.2, -0.15) is 0 Å². The molecule has 4 bridgehead atoms. The van der Waals surface area contributed by atoms with Crippen LogP contribution in [0.15, 0.2) is 12.4 Å². The predicted molar refractivity (Wildman–Crippen MR) is 147 cm³/mol. The van der Waals surface area contributed by atoms with Gasteiger partial charge in [0.15, 0.2) is 0 Å². The quantitative estimate of drug-likeness (QED) is 0.562. The second kappa shape index (κ2) is 11.3. The molecule has 6 rings (SSSR count). The van der Waals surface area contributed by atoms with Crippen LogP contribution >= 0.6 is 0 Å². The number of carbonyl (C=O) groups excluding carboxylic acids is 1. The lowest BCUT2D eigenvalue weighted by molar-refractivity contribution is -0.0950. The summed E-state index contributed by atoms with van der Waals surface area (Å²) in [5.41, 5.74) is 0.946. The normalized spacial score (nSPS) is 33.5. The third kappa shape index (κ3) is 6.11. The summed E-state index contributed by atoms with van der Waals surface area (Å²) in [6.45, 7) is 20.3. The molecule has 1 saturated carbocycles. The third-order valence-corrected chi connectivity index (χ3v) is 9.46. The fraction of sp³-hybridized carbons (Fsp3) is 0.833. The van der Waals surface area contributed by atoms with Crippen LogP contribution in [-0.4, -0.2) is 79.2 Å². The second-order valence-electron chi connectivity index (χ2n) is 13.4. The Hall–Kier alpha value is -1.93. The molecule has 5 fully saturated rings. The Labute approximate surface area is 228 Å². The summed E-state index contributed by atoms with van der Waals surface area (Å²) >= 11 is 0. The Morgan fingerprint density at radius 1 is 0.868 bits per heavy atom. The smallest absolute Gasteiger partial charge is 0.410 e. The highest BCUT2D eigenvalue weighted by atomic mass is 16.6. The maximum absolute atomic E-state index is 12.2. The van der Waals surface area contributed by atoms with Crippen LogP contribution in [0, 0.1) is 54.3 Å². The fourth-order valence-corrected chi connectivity index (χ4v) is 7.53.